The van der Waals surface area contributed by atoms with Crippen molar-refractivity contribution >= 4 is 5.69 Å². The minimum Gasteiger partial charge on any atom is -0.389 e. The van der Waals surface area contributed by atoms with Gasteiger partial charge in [0.15, 0.2) is 0 Å². The fourth-order valence-corrected chi connectivity index (χ4v) is 3.09. The second-order valence-electron chi connectivity index (χ2n) is 5.60. The largest absolute Gasteiger partial charge is 0.389 e. The Morgan fingerprint density at radius 2 is 1.84 bits per heavy atom. The van der Waals surface area contributed by atoms with Gasteiger partial charge in [0, 0.05) is 24.3 Å². The third-order valence-corrected chi connectivity index (χ3v) is 4.20. The van der Waals surface area contributed by atoms with Gasteiger partial charge in [-0.3, -0.25) is 0 Å². The molecule has 1 aliphatic rings. The third kappa shape index (κ3) is 3.27. The summed E-state index contributed by atoms with van der Waals surface area (Å²) in [5.74, 6) is -0.312. The van der Waals surface area contributed by atoms with Gasteiger partial charge < -0.3 is 10.0 Å². The van der Waals surface area contributed by atoms with Gasteiger partial charge in [0.25, 0.3) is 0 Å². The smallest absolute Gasteiger partial charge is 0.131 e. The van der Waals surface area contributed by atoms with Crippen molar-refractivity contribution in [3.05, 3.63) is 29.6 Å². The maximum atomic E-state index is 13.9. The zero-order valence-corrected chi connectivity index (χ0v) is 11.9. The van der Waals surface area contributed by atoms with Crippen LogP contribution in [0.3, 0.4) is 0 Å². The second kappa shape index (κ2) is 6.38. The van der Waals surface area contributed by atoms with Crippen molar-refractivity contribution in [2.45, 2.75) is 57.6 Å². The molecule has 1 atom stereocenters. The van der Waals surface area contributed by atoms with E-state index in [2.05, 4.69) is 4.90 Å². The molecule has 2 nitrogen and oxygen atoms in total. The lowest BCUT2D eigenvalue weighted by Crippen LogP contribution is -2.32. The number of aliphatic hydroxyl groups excluding tert-OH is 1. The number of aliphatic hydroxyl groups is 1. The SMILES string of the molecule is CC(O)c1c(F)cccc1N(C)C1CCCCCC1. The van der Waals surface area contributed by atoms with E-state index in [0.29, 0.717) is 11.6 Å². The first-order valence-corrected chi connectivity index (χ1v) is 7.30. The van der Waals surface area contributed by atoms with Crippen LogP contribution in [0, 0.1) is 5.82 Å². The van der Waals surface area contributed by atoms with Crippen LogP contribution in [0.4, 0.5) is 10.1 Å². The second-order valence-corrected chi connectivity index (χ2v) is 5.60. The van der Waals surface area contributed by atoms with E-state index in [4.69, 9.17) is 0 Å². The van der Waals surface area contributed by atoms with Gasteiger partial charge in [-0.15, -0.1) is 0 Å². The lowest BCUT2D eigenvalue weighted by Gasteiger charge is -2.31. The predicted octanol–water partition coefficient (Wildman–Crippen LogP) is 4.04. The first kappa shape index (κ1) is 14.3. The average molecular weight is 265 g/mol. The van der Waals surface area contributed by atoms with E-state index >= 15 is 0 Å². The Labute approximate surface area is 115 Å². The Kier molecular flexibility index (Phi) is 4.81. The summed E-state index contributed by atoms with van der Waals surface area (Å²) in [5.41, 5.74) is 1.26. The summed E-state index contributed by atoms with van der Waals surface area (Å²) in [7, 11) is 2.02. The zero-order chi connectivity index (χ0) is 13.8. The zero-order valence-electron chi connectivity index (χ0n) is 11.9. The van der Waals surface area contributed by atoms with E-state index in [1.54, 1.807) is 13.0 Å². The summed E-state index contributed by atoms with van der Waals surface area (Å²) in [4.78, 5) is 2.16. The quantitative estimate of drug-likeness (QED) is 0.834. The molecule has 2 rings (SSSR count). The van der Waals surface area contributed by atoms with Crippen molar-refractivity contribution in [3.8, 4) is 0 Å². The van der Waals surface area contributed by atoms with E-state index < -0.39 is 6.10 Å². The van der Waals surface area contributed by atoms with Crippen LogP contribution < -0.4 is 4.90 Å². The van der Waals surface area contributed by atoms with Crippen LogP contribution >= 0.6 is 0 Å². The molecule has 0 spiro atoms. The fourth-order valence-electron chi connectivity index (χ4n) is 3.09. The molecule has 0 aliphatic heterocycles. The van der Waals surface area contributed by atoms with Crippen LogP contribution in [0.15, 0.2) is 18.2 Å². The first-order valence-electron chi connectivity index (χ1n) is 7.30. The van der Waals surface area contributed by atoms with Crippen LogP contribution in [0.1, 0.15) is 57.1 Å². The molecular formula is C16H24FNO. The number of hydrogen-bond donors (Lipinski definition) is 1. The molecule has 1 aromatic rings. The highest BCUT2D eigenvalue weighted by atomic mass is 19.1. The number of rotatable bonds is 3. The summed E-state index contributed by atoms with van der Waals surface area (Å²) >= 11 is 0. The molecule has 0 saturated heterocycles. The van der Waals surface area contributed by atoms with Gasteiger partial charge in [0.1, 0.15) is 5.82 Å². The van der Waals surface area contributed by atoms with E-state index in [1.165, 1.54) is 31.7 Å². The Morgan fingerprint density at radius 1 is 1.21 bits per heavy atom. The van der Waals surface area contributed by atoms with Crippen molar-refractivity contribution in [1.82, 2.24) is 0 Å². The van der Waals surface area contributed by atoms with Gasteiger partial charge in [-0.2, -0.15) is 0 Å². The molecule has 0 heterocycles. The van der Waals surface area contributed by atoms with Crippen LogP contribution in [0.25, 0.3) is 0 Å². The van der Waals surface area contributed by atoms with E-state index in [-0.39, 0.29) is 5.82 Å². The Morgan fingerprint density at radius 3 is 2.42 bits per heavy atom. The van der Waals surface area contributed by atoms with E-state index in [1.807, 2.05) is 13.1 Å². The highest BCUT2D eigenvalue weighted by molar-refractivity contribution is 5.55. The maximum absolute atomic E-state index is 13.9. The predicted molar refractivity (Wildman–Crippen MR) is 76.9 cm³/mol. The average Bonchev–Trinajstić information content (AvgIpc) is 2.66. The minimum absolute atomic E-state index is 0.312. The van der Waals surface area contributed by atoms with Gasteiger partial charge in [-0.1, -0.05) is 31.7 Å². The molecule has 0 bridgehead atoms. The highest BCUT2D eigenvalue weighted by Gasteiger charge is 2.22. The monoisotopic (exact) mass is 265 g/mol. The summed E-state index contributed by atoms with van der Waals surface area (Å²) in [6.45, 7) is 1.63. The highest BCUT2D eigenvalue weighted by Crippen LogP contribution is 2.32. The van der Waals surface area contributed by atoms with Gasteiger partial charge in [-0.05, 0) is 31.9 Å². The number of anilines is 1. The van der Waals surface area contributed by atoms with Gasteiger partial charge in [0.05, 0.1) is 6.10 Å². The molecule has 19 heavy (non-hydrogen) atoms. The normalized spacial score (nSPS) is 18.9. The summed E-state index contributed by atoms with van der Waals surface area (Å²) in [6, 6.07) is 5.52. The van der Waals surface area contributed by atoms with Crippen molar-refractivity contribution in [3.63, 3.8) is 0 Å². The van der Waals surface area contributed by atoms with Crippen LogP contribution in [0.2, 0.25) is 0 Å². The van der Waals surface area contributed by atoms with E-state index in [9.17, 15) is 9.50 Å². The molecule has 1 fully saturated rings. The van der Waals surface area contributed by atoms with Gasteiger partial charge >= 0.3 is 0 Å². The first-order chi connectivity index (χ1) is 9.11. The van der Waals surface area contributed by atoms with Crippen molar-refractivity contribution < 1.29 is 9.50 Å². The lowest BCUT2D eigenvalue weighted by atomic mass is 10.0. The van der Waals surface area contributed by atoms with Gasteiger partial charge in [0.2, 0.25) is 0 Å². The standard InChI is InChI=1S/C16H24FNO/c1-12(19)16-14(17)10-7-11-15(16)18(2)13-8-5-3-4-6-9-13/h7,10-13,19H,3-6,8-9H2,1-2H3. The summed E-state index contributed by atoms with van der Waals surface area (Å²) in [6.07, 6.45) is 6.64. The topological polar surface area (TPSA) is 23.5 Å². The van der Waals surface area contributed by atoms with Crippen molar-refractivity contribution in [1.29, 1.82) is 0 Å². The molecule has 0 radical (unpaired) electrons. The molecule has 1 unspecified atom stereocenters. The van der Waals surface area contributed by atoms with Crippen molar-refractivity contribution in [2.24, 2.45) is 0 Å². The molecule has 1 aromatic carbocycles. The lowest BCUT2D eigenvalue weighted by molar-refractivity contribution is 0.194. The number of halogens is 1. The Bertz CT molecular complexity index is 411. The third-order valence-electron chi connectivity index (χ3n) is 4.20. The Balaban J connectivity index is 2.27. The molecule has 1 aliphatic carbocycles. The molecule has 106 valence electrons. The molecule has 1 N–H and O–H groups in total. The van der Waals surface area contributed by atoms with E-state index in [0.717, 1.165) is 18.5 Å². The summed E-state index contributed by atoms with van der Waals surface area (Å²) in [5, 5.41) is 9.82. The van der Waals surface area contributed by atoms with Gasteiger partial charge in [-0.25, -0.2) is 4.39 Å². The van der Waals surface area contributed by atoms with Crippen LogP contribution in [0.5, 0.6) is 0 Å². The Hall–Kier alpha value is -1.09. The summed E-state index contributed by atoms with van der Waals surface area (Å²) < 4.78 is 13.9. The fraction of sp³-hybridized carbons (Fsp3) is 0.625. The molecular weight excluding hydrogens is 241 g/mol. The van der Waals surface area contributed by atoms with Crippen LogP contribution in [-0.4, -0.2) is 18.2 Å². The minimum atomic E-state index is -0.774. The van der Waals surface area contributed by atoms with Crippen LogP contribution in [-0.2, 0) is 0 Å². The maximum Gasteiger partial charge on any atom is 0.131 e. The number of benzene rings is 1. The molecule has 1 saturated carbocycles. The number of nitrogens with zero attached hydrogens (tertiary/aromatic N) is 1. The molecule has 0 aromatic heterocycles. The molecule has 3 heteroatoms. The van der Waals surface area contributed by atoms with Crippen molar-refractivity contribution in [2.75, 3.05) is 11.9 Å². The molecule has 0 amide bonds. The number of hydrogen-bond acceptors (Lipinski definition) is 2.